The number of hydrogen-bond acceptors (Lipinski definition) is 5. The summed E-state index contributed by atoms with van der Waals surface area (Å²) in [5.41, 5.74) is 2.46. The third-order valence-electron chi connectivity index (χ3n) is 5.40. The molecule has 4 rings (SSSR count). The highest BCUT2D eigenvalue weighted by Crippen LogP contribution is 2.36. The van der Waals surface area contributed by atoms with Crippen molar-refractivity contribution in [1.29, 1.82) is 0 Å². The number of rotatable bonds is 6. The van der Waals surface area contributed by atoms with Crippen molar-refractivity contribution in [3.8, 4) is 5.75 Å². The number of nitrogens with zero attached hydrogens (tertiary/aromatic N) is 1. The van der Waals surface area contributed by atoms with Gasteiger partial charge in [-0.05, 0) is 35.7 Å². The van der Waals surface area contributed by atoms with Gasteiger partial charge in [0.1, 0.15) is 5.75 Å². The van der Waals surface area contributed by atoms with Gasteiger partial charge >= 0.3 is 0 Å². The van der Waals surface area contributed by atoms with Crippen LogP contribution in [0.15, 0.2) is 53.4 Å². The van der Waals surface area contributed by atoms with Crippen LogP contribution < -0.4 is 10.1 Å². The first-order valence-corrected chi connectivity index (χ1v) is 10.6. The summed E-state index contributed by atoms with van der Waals surface area (Å²) in [7, 11) is 1.67. The highest BCUT2D eigenvalue weighted by molar-refractivity contribution is 8.01. The zero-order valence-electron chi connectivity index (χ0n) is 16.1. The second-order valence-electron chi connectivity index (χ2n) is 7.10. The van der Waals surface area contributed by atoms with E-state index in [9.17, 15) is 4.79 Å². The predicted octanol–water partition coefficient (Wildman–Crippen LogP) is 2.90. The van der Waals surface area contributed by atoms with Gasteiger partial charge in [-0.25, -0.2) is 0 Å². The molecular weight excluding hydrogens is 372 g/mol. The zero-order chi connectivity index (χ0) is 19.3. The molecule has 2 aliphatic rings. The van der Waals surface area contributed by atoms with Gasteiger partial charge in [0.05, 0.1) is 31.6 Å². The summed E-state index contributed by atoms with van der Waals surface area (Å²) in [4.78, 5) is 16.5. The normalized spacial score (nSPS) is 20.4. The molecule has 0 aromatic heterocycles. The van der Waals surface area contributed by atoms with Crippen LogP contribution in [0.2, 0.25) is 0 Å². The van der Waals surface area contributed by atoms with Gasteiger partial charge in [0, 0.05) is 24.5 Å². The number of amides is 1. The van der Waals surface area contributed by atoms with Crippen LogP contribution >= 0.6 is 11.8 Å². The molecule has 2 atom stereocenters. The van der Waals surface area contributed by atoms with E-state index in [1.54, 1.807) is 18.9 Å². The summed E-state index contributed by atoms with van der Waals surface area (Å²) in [6.07, 6.45) is 0.803. The van der Waals surface area contributed by atoms with Crippen LogP contribution in [0.25, 0.3) is 0 Å². The van der Waals surface area contributed by atoms with Crippen molar-refractivity contribution in [3.05, 3.63) is 59.7 Å². The fourth-order valence-electron chi connectivity index (χ4n) is 3.81. The summed E-state index contributed by atoms with van der Waals surface area (Å²) >= 11 is 1.67. The minimum atomic E-state index is -0.0430. The molecule has 0 bridgehead atoms. The SMILES string of the molecule is COc1ccc([C@H](CNC(=O)[C@H]2Cc3ccccc3S2)N2CCOCC2)cc1. The molecule has 5 nitrogen and oxygen atoms in total. The van der Waals surface area contributed by atoms with E-state index in [2.05, 4.69) is 34.5 Å². The summed E-state index contributed by atoms with van der Waals surface area (Å²) < 4.78 is 10.8. The van der Waals surface area contributed by atoms with Crippen LogP contribution in [-0.2, 0) is 16.0 Å². The monoisotopic (exact) mass is 398 g/mol. The fraction of sp³-hybridized carbons (Fsp3) is 0.409. The molecule has 2 aromatic carbocycles. The first-order valence-electron chi connectivity index (χ1n) is 9.72. The van der Waals surface area contributed by atoms with E-state index >= 15 is 0 Å². The average molecular weight is 399 g/mol. The molecule has 2 heterocycles. The van der Waals surface area contributed by atoms with E-state index in [0.29, 0.717) is 6.54 Å². The Morgan fingerprint density at radius 2 is 1.96 bits per heavy atom. The quantitative estimate of drug-likeness (QED) is 0.811. The van der Waals surface area contributed by atoms with Gasteiger partial charge in [0.15, 0.2) is 0 Å². The molecular formula is C22H26N2O3S. The lowest BCUT2D eigenvalue weighted by atomic mass is 10.0. The van der Waals surface area contributed by atoms with Crippen LogP contribution in [0, 0.1) is 0 Å². The van der Waals surface area contributed by atoms with E-state index < -0.39 is 0 Å². The maximum absolute atomic E-state index is 12.8. The Labute approximate surface area is 170 Å². The number of hydrogen-bond donors (Lipinski definition) is 1. The predicted molar refractivity (Wildman–Crippen MR) is 111 cm³/mol. The maximum Gasteiger partial charge on any atom is 0.233 e. The maximum atomic E-state index is 12.8. The molecule has 1 amide bonds. The molecule has 0 aliphatic carbocycles. The molecule has 0 saturated carbocycles. The first kappa shape index (κ1) is 19.3. The van der Waals surface area contributed by atoms with E-state index in [0.717, 1.165) is 38.5 Å². The molecule has 2 aromatic rings. The highest BCUT2D eigenvalue weighted by Gasteiger charge is 2.29. The van der Waals surface area contributed by atoms with Crippen LogP contribution in [0.1, 0.15) is 17.2 Å². The van der Waals surface area contributed by atoms with Gasteiger partial charge in [0.2, 0.25) is 5.91 Å². The smallest absolute Gasteiger partial charge is 0.233 e. The minimum Gasteiger partial charge on any atom is -0.497 e. The molecule has 2 aliphatic heterocycles. The zero-order valence-corrected chi connectivity index (χ0v) is 16.9. The topological polar surface area (TPSA) is 50.8 Å². The van der Waals surface area contributed by atoms with E-state index in [1.807, 2.05) is 24.3 Å². The van der Waals surface area contributed by atoms with Crippen LogP contribution in [-0.4, -0.2) is 56.0 Å². The molecule has 28 heavy (non-hydrogen) atoms. The molecule has 148 valence electrons. The van der Waals surface area contributed by atoms with Crippen molar-refractivity contribution in [2.75, 3.05) is 40.0 Å². The Bertz CT molecular complexity index is 781. The highest BCUT2D eigenvalue weighted by atomic mass is 32.2. The number of thioether (sulfide) groups is 1. The Hall–Kier alpha value is -2.02. The molecule has 0 unspecified atom stereocenters. The van der Waals surface area contributed by atoms with E-state index in [4.69, 9.17) is 9.47 Å². The Kier molecular flexibility index (Phi) is 6.20. The van der Waals surface area contributed by atoms with Gasteiger partial charge in [-0.15, -0.1) is 11.8 Å². The lowest BCUT2D eigenvalue weighted by Gasteiger charge is -2.35. The van der Waals surface area contributed by atoms with Crippen molar-refractivity contribution in [1.82, 2.24) is 10.2 Å². The van der Waals surface area contributed by atoms with Gasteiger partial charge in [-0.2, -0.15) is 0 Å². The number of carbonyl (C=O) groups excluding carboxylic acids is 1. The summed E-state index contributed by atoms with van der Waals surface area (Å²) in [6.45, 7) is 3.80. The number of fused-ring (bicyclic) bond motifs is 1. The number of methoxy groups -OCH3 is 1. The van der Waals surface area contributed by atoms with Crippen LogP contribution in [0.5, 0.6) is 5.75 Å². The lowest BCUT2D eigenvalue weighted by Crippen LogP contribution is -2.45. The van der Waals surface area contributed by atoms with Crippen LogP contribution in [0.3, 0.4) is 0 Å². The molecule has 1 N–H and O–H groups in total. The van der Waals surface area contributed by atoms with Crippen molar-refractivity contribution in [3.63, 3.8) is 0 Å². The van der Waals surface area contributed by atoms with Gasteiger partial charge in [0.25, 0.3) is 0 Å². The Morgan fingerprint density at radius 1 is 1.21 bits per heavy atom. The van der Waals surface area contributed by atoms with Crippen LogP contribution in [0.4, 0.5) is 0 Å². The largest absolute Gasteiger partial charge is 0.497 e. The van der Waals surface area contributed by atoms with Gasteiger partial charge in [-0.3, -0.25) is 9.69 Å². The molecule has 6 heteroatoms. The first-order chi connectivity index (χ1) is 13.7. The third kappa shape index (κ3) is 4.35. The Balaban J connectivity index is 1.42. The minimum absolute atomic E-state index is 0.0430. The number of ether oxygens (including phenoxy) is 2. The third-order valence-corrected chi connectivity index (χ3v) is 6.71. The average Bonchev–Trinajstić information content (AvgIpc) is 3.19. The van der Waals surface area contributed by atoms with Crippen molar-refractivity contribution < 1.29 is 14.3 Å². The van der Waals surface area contributed by atoms with Crippen molar-refractivity contribution in [2.24, 2.45) is 0 Å². The van der Waals surface area contributed by atoms with Gasteiger partial charge < -0.3 is 14.8 Å². The molecule has 1 saturated heterocycles. The van der Waals surface area contributed by atoms with E-state index in [-0.39, 0.29) is 17.2 Å². The molecule has 0 spiro atoms. The standard InChI is InChI=1S/C22H26N2O3S/c1-26-18-8-6-16(7-9-18)19(24-10-12-27-13-11-24)15-23-22(25)21-14-17-4-2-3-5-20(17)28-21/h2-9,19,21H,10-15H2,1H3,(H,23,25)/t19-,21+/m0/s1. The number of morpholine rings is 1. The number of nitrogens with one attached hydrogen (secondary N) is 1. The van der Waals surface area contributed by atoms with E-state index in [1.165, 1.54) is 16.0 Å². The number of carbonyl (C=O) groups is 1. The lowest BCUT2D eigenvalue weighted by molar-refractivity contribution is -0.120. The summed E-state index contributed by atoms with van der Waals surface area (Å²) in [5.74, 6) is 0.960. The molecule has 0 radical (unpaired) electrons. The number of benzene rings is 2. The fourth-order valence-corrected chi connectivity index (χ4v) is 5.03. The van der Waals surface area contributed by atoms with Crippen molar-refractivity contribution >= 4 is 17.7 Å². The Morgan fingerprint density at radius 3 is 2.68 bits per heavy atom. The molecule has 1 fully saturated rings. The summed E-state index contributed by atoms with van der Waals surface area (Å²) in [6, 6.07) is 16.6. The second kappa shape index (κ2) is 8.99. The second-order valence-corrected chi connectivity index (χ2v) is 8.35. The van der Waals surface area contributed by atoms with Gasteiger partial charge in [-0.1, -0.05) is 30.3 Å². The summed E-state index contributed by atoms with van der Waals surface area (Å²) in [5, 5.41) is 3.17. The van der Waals surface area contributed by atoms with Crippen molar-refractivity contribution in [2.45, 2.75) is 22.6 Å².